The van der Waals surface area contributed by atoms with Gasteiger partial charge in [0.05, 0.1) is 12.2 Å². The third kappa shape index (κ3) is 9.60. The average molecular weight is 687 g/mol. The van der Waals surface area contributed by atoms with Gasteiger partial charge in [0.25, 0.3) is 0 Å². The van der Waals surface area contributed by atoms with Crippen LogP contribution in [-0.4, -0.2) is 76.8 Å². The van der Waals surface area contributed by atoms with Crippen LogP contribution < -0.4 is 15.5 Å². The molecule has 0 bridgehead atoms. The molecule has 2 N–H and O–H groups in total. The molecule has 0 amide bonds. The number of carbonyl (C=O) groups is 2. The second kappa shape index (κ2) is 18.3. The summed E-state index contributed by atoms with van der Waals surface area (Å²) in [4.78, 5) is 40.9. The summed E-state index contributed by atoms with van der Waals surface area (Å²) < 4.78 is 10.8. The van der Waals surface area contributed by atoms with E-state index in [1.807, 2.05) is 33.8 Å². The average Bonchev–Trinajstić information content (AvgIpc) is 3.79. The number of hydrogen-bond donors (Lipinski definition) is 1. The van der Waals surface area contributed by atoms with Crippen LogP contribution in [0.15, 0.2) is 60.9 Å². The van der Waals surface area contributed by atoms with E-state index in [9.17, 15) is 9.59 Å². The predicted octanol–water partition coefficient (Wildman–Crippen LogP) is 7.01. The summed E-state index contributed by atoms with van der Waals surface area (Å²) in [6.07, 6.45) is 8.73. The van der Waals surface area contributed by atoms with Crippen molar-refractivity contribution < 1.29 is 19.1 Å². The molecule has 0 spiro atoms. The molecule has 2 saturated heterocycles. The van der Waals surface area contributed by atoms with Crippen LogP contribution in [0.3, 0.4) is 0 Å². The number of ether oxygens (including phenoxy) is 2. The van der Waals surface area contributed by atoms with Crippen molar-refractivity contribution in [1.29, 1.82) is 0 Å². The van der Waals surface area contributed by atoms with Gasteiger partial charge >= 0.3 is 11.9 Å². The number of nitrogens with two attached hydrogens (primary N) is 1. The Hall–Kier alpha value is -4.02. The van der Waals surface area contributed by atoms with E-state index in [1.54, 1.807) is 30.6 Å². The summed E-state index contributed by atoms with van der Waals surface area (Å²) in [6, 6.07) is 16.2. The van der Waals surface area contributed by atoms with Gasteiger partial charge in [-0.05, 0) is 102 Å². The van der Waals surface area contributed by atoms with Gasteiger partial charge in [-0.3, -0.25) is 4.90 Å². The Morgan fingerprint density at radius 2 is 1.42 bits per heavy atom. The highest BCUT2D eigenvalue weighted by Gasteiger charge is 2.40. The zero-order valence-corrected chi connectivity index (χ0v) is 31.2. The Morgan fingerprint density at radius 3 is 1.96 bits per heavy atom. The molecule has 2 aliphatic rings. The van der Waals surface area contributed by atoms with E-state index < -0.39 is 0 Å². The van der Waals surface area contributed by atoms with Gasteiger partial charge in [0, 0.05) is 56.7 Å². The lowest BCUT2D eigenvalue weighted by Gasteiger charge is -2.38. The number of anilines is 2. The van der Waals surface area contributed by atoms with Gasteiger partial charge in [0.15, 0.2) is 0 Å². The predicted molar refractivity (Wildman–Crippen MR) is 201 cm³/mol. The number of aromatic nitrogens is 2. The molecule has 5 rings (SSSR count). The van der Waals surface area contributed by atoms with Crippen LogP contribution in [0.5, 0.6) is 0 Å². The van der Waals surface area contributed by atoms with Crippen molar-refractivity contribution in [2.24, 2.45) is 5.73 Å². The number of pyridine rings is 2. The lowest BCUT2D eigenvalue weighted by Crippen LogP contribution is -2.44. The maximum absolute atomic E-state index is 12.5. The molecule has 10 heteroatoms. The van der Waals surface area contributed by atoms with Gasteiger partial charge in [-0.1, -0.05) is 45.0 Å². The molecule has 4 heterocycles. The van der Waals surface area contributed by atoms with Gasteiger partial charge in [-0.25, -0.2) is 19.6 Å². The summed E-state index contributed by atoms with van der Waals surface area (Å²) in [7, 11) is 0. The lowest BCUT2D eigenvalue weighted by molar-refractivity contribution is 0.0367. The number of rotatable bonds is 13. The molecular weight excluding hydrogens is 628 g/mol. The molecular formula is C40H58N6O4. The van der Waals surface area contributed by atoms with Crippen LogP contribution in [0.2, 0.25) is 0 Å². The Kier molecular flexibility index (Phi) is 14.2. The van der Waals surface area contributed by atoms with Crippen molar-refractivity contribution in [2.45, 2.75) is 117 Å². The minimum atomic E-state index is -0.307. The molecule has 3 aromatic rings. The number of likely N-dealkylation sites (N-methyl/N-ethyl adjacent to an activating group) is 1. The molecule has 2 aliphatic heterocycles. The second-order valence-electron chi connectivity index (χ2n) is 13.8. The first-order valence-electron chi connectivity index (χ1n) is 18.4. The molecule has 0 radical (unpaired) electrons. The van der Waals surface area contributed by atoms with Crippen molar-refractivity contribution in [2.75, 3.05) is 36.0 Å². The van der Waals surface area contributed by atoms with Crippen LogP contribution in [-0.2, 0) is 22.6 Å². The largest absolute Gasteiger partial charge is 0.459 e. The number of carbonyl (C=O) groups excluding carboxylic acids is 2. The van der Waals surface area contributed by atoms with Crippen molar-refractivity contribution in [3.63, 3.8) is 0 Å². The number of nitrogens with zero attached hydrogens (tertiary/aromatic N) is 5. The monoisotopic (exact) mass is 686 g/mol. The Balaban J connectivity index is 0.000000237. The Labute approximate surface area is 299 Å². The van der Waals surface area contributed by atoms with Crippen molar-refractivity contribution >= 4 is 23.6 Å². The summed E-state index contributed by atoms with van der Waals surface area (Å²) in [5.41, 5.74) is 9.40. The zero-order valence-electron chi connectivity index (χ0n) is 31.2. The Bertz CT molecular complexity index is 1520. The van der Waals surface area contributed by atoms with E-state index in [0.717, 1.165) is 82.0 Å². The number of esters is 2. The van der Waals surface area contributed by atoms with Crippen LogP contribution in [0.4, 0.5) is 11.6 Å². The van der Waals surface area contributed by atoms with Crippen molar-refractivity contribution in [1.82, 2.24) is 14.9 Å². The maximum Gasteiger partial charge on any atom is 0.342 e. The first kappa shape index (κ1) is 38.8. The fourth-order valence-electron chi connectivity index (χ4n) is 7.14. The molecule has 0 saturated carbocycles. The maximum atomic E-state index is 12.5. The third-order valence-corrected chi connectivity index (χ3v) is 9.90. The van der Waals surface area contributed by atoms with E-state index in [4.69, 9.17) is 15.2 Å². The molecule has 10 nitrogen and oxygen atoms in total. The van der Waals surface area contributed by atoms with Crippen molar-refractivity contribution in [3.05, 3.63) is 83.2 Å². The Morgan fingerprint density at radius 1 is 0.860 bits per heavy atom. The summed E-state index contributed by atoms with van der Waals surface area (Å²) in [6.45, 7) is 19.2. The van der Waals surface area contributed by atoms with Crippen LogP contribution in [0.1, 0.15) is 112 Å². The smallest absolute Gasteiger partial charge is 0.342 e. The summed E-state index contributed by atoms with van der Waals surface area (Å²) in [5.74, 6) is 0.924. The molecule has 0 aliphatic carbocycles. The van der Waals surface area contributed by atoms with E-state index in [1.165, 1.54) is 5.56 Å². The first-order chi connectivity index (χ1) is 24.0. The molecule has 50 heavy (non-hydrogen) atoms. The fourth-order valence-corrected chi connectivity index (χ4v) is 7.14. The topological polar surface area (TPSA) is 114 Å². The highest BCUT2D eigenvalue weighted by atomic mass is 16.5. The van der Waals surface area contributed by atoms with Crippen LogP contribution in [0.25, 0.3) is 0 Å². The van der Waals surface area contributed by atoms with E-state index in [-0.39, 0.29) is 29.7 Å². The minimum absolute atomic E-state index is 0.119. The number of benzene rings is 1. The summed E-state index contributed by atoms with van der Waals surface area (Å²) in [5, 5.41) is 0. The van der Waals surface area contributed by atoms with Gasteiger partial charge in [0.1, 0.15) is 22.8 Å². The van der Waals surface area contributed by atoms with Crippen molar-refractivity contribution in [3.8, 4) is 0 Å². The lowest BCUT2D eigenvalue weighted by atomic mass is 9.89. The van der Waals surface area contributed by atoms with E-state index >= 15 is 0 Å². The van der Waals surface area contributed by atoms with Gasteiger partial charge in [0.2, 0.25) is 0 Å². The van der Waals surface area contributed by atoms with Gasteiger partial charge in [-0.2, -0.15) is 0 Å². The zero-order chi connectivity index (χ0) is 36.3. The molecule has 1 atom stereocenters. The fraction of sp³-hybridized carbons (Fsp3) is 0.550. The van der Waals surface area contributed by atoms with Crippen LogP contribution >= 0.6 is 0 Å². The van der Waals surface area contributed by atoms with Gasteiger partial charge in [-0.15, -0.1) is 0 Å². The molecule has 0 unspecified atom stereocenters. The van der Waals surface area contributed by atoms with Crippen LogP contribution in [0, 0.1) is 0 Å². The standard InChI is InChI=1S/C23H32N4O2.C17H26N2O2/c1-4-26(15-19-9-7-18(14-24)8-10-19)20-11-13-27(16-20)22-21(6-5-12-25-22)23(28)29-17(2)3;1-5-17(6-2)10-8-12-19(17)15-14(9-7-11-18-15)16(20)21-13(3)4/h5-10,12,17,20H,4,11,13-16,24H2,1-3H3;7,9,11,13H,5-6,8,10,12H2,1-4H3/t20-;/m1./s1. The third-order valence-electron chi connectivity index (χ3n) is 9.90. The molecule has 2 aromatic heterocycles. The SMILES string of the molecule is CCC1(CC)CCCN1c1ncccc1C(=O)OC(C)C.CCN(Cc1ccc(CN)cc1)[C@@H]1CCN(c2ncccc2C(=O)OC(C)C)C1. The highest BCUT2D eigenvalue weighted by Crippen LogP contribution is 2.39. The number of hydrogen-bond acceptors (Lipinski definition) is 10. The molecule has 272 valence electrons. The van der Waals surface area contributed by atoms with E-state index in [2.05, 4.69) is 69.7 Å². The first-order valence-corrected chi connectivity index (χ1v) is 18.4. The molecule has 2 fully saturated rings. The summed E-state index contributed by atoms with van der Waals surface area (Å²) >= 11 is 0. The second-order valence-corrected chi connectivity index (χ2v) is 13.8. The normalized spacial score (nSPS) is 16.9. The van der Waals surface area contributed by atoms with E-state index in [0.29, 0.717) is 23.7 Å². The van der Waals surface area contributed by atoms with Gasteiger partial charge < -0.3 is 25.0 Å². The molecule has 1 aromatic carbocycles. The quantitative estimate of drug-likeness (QED) is 0.188. The minimum Gasteiger partial charge on any atom is -0.459 e. The highest BCUT2D eigenvalue weighted by molar-refractivity contribution is 5.95.